The van der Waals surface area contributed by atoms with Crippen LogP contribution in [-0.4, -0.2) is 16.2 Å². The number of nitrogens with one attached hydrogen (secondary N) is 2. The van der Waals surface area contributed by atoms with Crippen LogP contribution in [0.5, 0.6) is 0 Å². The SMILES string of the molecule is CCCCC(C)Nc1cn[nH]c1. The van der Waals surface area contributed by atoms with Crippen LogP contribution in [0, 0.1) is 0 Å². The molecule has 2 N–H and O–H groups in total. The monoisotopic (exact) mass is 167 g/mol. The average Bonchev–Trinajstić information content (AvgIpc) is 2.53. The molecule has 0 aliphatic heterocycles. The van der Waals surface area contributed by atoms with Gasteiger partial charge in [0.05, 0.1) is 11.9 Å². The standard InChI is InChI=1S/C9H17N3/c1-3-4-5-8(2)12-9-6-10-11-7-9/h6-8,12H,3-5H2,1-2H3,(H,10,11). The van der Waals surface area contributed by atoms with Crippen molar-refractivity contribution < 1.29 is 0 Å². The average molecular weight is 167 g/mol. The highest BCUT2D eigenvalue weighted by molar-refractivity contribution is 5.38. The number of aromatic amines is 1. The van der Waals surface area contributed by atoms with E-state index < -0.39 is 0 Å². The molecule has 0 aromatic carbocycles. The molecule has 0 saturated carbocycles. The van der Waals surface area contributed by atoms with Crippen LogP contribution in [0.25, 0.3) is 0 Å². The van der Waals surface area contributed by atoms with Crippen molar-refractivity contribution in [3.05, 3.63) is 12.4 Å². The summed E-state index contributed by atoms with van der Waals surface area (Å²) in [5.74, 6) is 0. The summed E-state index contributed by atoms with van der Waals surface area (Å²) < 4.78 is 0. The molecule has 0 aliphatic rings. The molecule has 0 aliphatic carbocycles. The fourth-order valence-corrected chi connectivity index (χ4v) is 1.20. The van der Waals surface area contributed by atoms with Crippen LogP contribution in [0.2, 0.25) is 0 Å². The molecule has 1 rings (SSSR count). The highest BCUT2D eigenvalue weighted by atomic mass is 15.1. The van der Waals surface area contributed by atoms with Gasteiger partial charge in [0.25, 0.3) is 0 Å². The molecule has 1 aromatic heterocycles. The second-order valence-corrected chi connectivity index (χ2v) is 3.17. The summed E-state index contributed by atoms with van der Waals surface area (Å²) in [5, 5.41) is 10.0. The van der Waals surface area contributed by atoms with Crippen molar-refractivity contribution in [1.29, 1.82) is 0 Å². The molecule has 1 heterocycles. The van der Waals surface area contributed by atoms with Crippen molar-refractivity contribution in [1.82, 2.24) is 10.2 Å². The minimum atomic E-state index is 0.544. The topological polar surface area (TPSA) is 40.7 Å². The highest BCUT2D eigenvalue weighted by Crippen LogP contribution is 2.08. The fraction of sp³-hybridized carbons (Fsp3) is 0.667. The van der Waals surface area contributed by atoms with Gasteiger partial charge >= 0.3 is 0 Å². The lowest BCUT2D eigenvalue weighted by atomic mass is 10.1. The van der Waals surface area contributed by atoms with Crippen molar-refractivity contribution in [2.24, 2.45) is 0 Å². The zero-order valence-electron chi connectivity index (χ0n) is 7.80. The van der Waals surface area contributed by atoms with Gasteiger partial charge < -0.3 is 5.32 Å². The third-order valence-corrected chi connectivity index (χ3v) is 1.90. The Bertz CT molecular complexity index is 194. The van der Waals surface area contributed by atoms with E-state index in [4.69, 9.17) is 0 Å². The Morgan fingerprint density at radius 3 is 3.08 bits per heavy atom. The minimum Gasteiger partial charge on any atom is -0.380 e. The summed E-state index contributed by atoms with van der Waals surface area (Å²) >= 11 is 0. The zero-order valence-corrected chi connectivity index (χ0v) is 7.80. The molecule has 0 amide bonds. The molecule has 0 radical (unpaired) electrons. The molecular formula is C9H17N3. The number of unbranched alkanes of at least 4 members (excludes halogenated alkanes) is 1. The lowest BCUT2D eigenvalue weighted by molar-refractivity contribution is 0.645. The van der Waals surface area contributed by atoms with E-state index in [9.17, 15) is 0 Å². The van der Waals surface area contributed by atoms with Crippen molar-refractivity contribution in [2.45, 2.75) is 39.2 Å². The predicted octanol–water partition coefficient (Wildman–Crippen LogP) is 2.40. The Labute approximate surface area is 73.6 Å². The predicted molar refractivity (Wildman–Crippen MR) is 51.2 cm³/mol. The van der Waals surface area contributed by atoms with Crippen molar-refractivity contribution in [3.63, 3.8) is 0 Å². The van der Waals surface area contributed by atoms with Crippen LogP contribution in [0.4, 0.5) is 5.69 Å². The van der Waals surface area contributed by atoms with Gasteiger partial charge in [0.15, 0.2) is 0 Å². The largest absolute Gasteiger partial charge is 0.380 e. The first kappa shape index (κ1) is 9.10. The molecule has 68 valence electrons. The quantitative estimate of drug-likeness (QED) is 0.707. The van der Waals surface area contributed by atoms with Gasteiger partial charge in [-0.05, 0) is 13.3 Å². The van der Waals surface area contributed by atoms with E-state index in [0.717, 1.165) is 5.69 Å². The second-order valence-electron chi connectivity index (χ2n) is 3.17. The first-order chi connectivity index (χ1) is 5.83. The molecule has 1 atom stereocenters. The third kappa shape index (κ3) is 2.95. The summed E-state index contributed by atoms with van der Waals surface area (Å²) in [7, 11) is 0. The summed E-state index contributed by atoms with van der Waals surface area (Å²) in [6, 6.07) is 0.544. The van der Waals surface area contributed by atoms with E-state index in [1.165, 1.54) is 19.3 Å². The van der Waals surface area contributed by atoms with Crippen molar-refractivity contribution in [2.75, 3.05) is 5.32 Å². The van der Waals surface area contributed by atoms with Gasteiger partial charge in [-0.2, -0.15) is 5.10 Å². The summed E-state index contributed by atoms with van der Waals surface area (Å²) in [5.41, 5.74) is 1.08. The minimum absolute atomic E-state index is 0.544. The number of aromatic nitrogens is 2. The van der Waals surface area contributed by atoms with E-state index in [0.29, 0.717) is 6.04 Å². The molecule has 1 unspecified atom stereocenters. The summed E-state index contributed by atoms with van der Waals surface area (Å²) in [6.07, 6.45) is 7.45. The van der Waals surface area contributed by atoms with Gasteiger partial charge in [0, 0.05) is 12.2 Å². The first-order valence-corrected chi connectivity index (χ1v) is 4.58. The Hall–Kier alpha value is -0.990. The van der Waals surface area contributed by atoms with Gasteiger partial charge in [-0.1, -0.05) is 19.8 Å². The van der Waals surface area contributed by atoms with E-state index in [1.807, 2.05) is 12.4 Å². The maximum atomic E-state index is 3.87. The molecule has 0 spiro atoms. The van der Waals surface area contributed by atoms with Gasteiger partial charge in [-0.25, -0.2) is 0 Å². The third-order valence-electron chi connectivity index (χ3n) is 1.90. The zero-order chi connectivity index (χ0) is 8.81. The highest BCUT2D eigenvalue weighted by Gasteiger charge is 2.00. The maximum absolute atomic E-state index is 3.87. The van der Waals surface area contributed by atoms with E-state index >= 15 is 0 Å². The van der Waals surface area contributed by atoms with Crippen molar-refractivity contribution in [3.8, 4) is 0 Å². The lowest BCUT2D eigenvalue weighted by Gasteiger charge is -2.12. The normalized spacial score (nSPS) is 12.8. The van der Waals surface area contributed by atoms with Crippen LogP contribution in [0.3, 0.4) is 0 Å². The van der Waals surface area contributed by atoms with Crippen molar-refractivity contribution >= 4 is 5.69 Å². The van der Waals surface area contributed by atoms with E-state index in [1.54, 1.807) is 0 Å². The first-order valence-electron chi connectivity index (χ1n) is 4.58. The van der Waals surface area contributed by atoms with Crippen LogP contribution < -0.4 is 5.32 Å². The molecule has 0 fully saturated rings. The van der Waals surface area contributed by atoms with Gasteiger partial charge in [0.2, 0.25) is 0 Å². The van der Waals surface area contributed by atoms with Crippen LogP contribution in [-0.2, 0) is 0 Å². The van der Waals surface area contributed by atoms with Gasteiger partial charge in [-0.15, -0.1) is 0 Å². The van der Waals surface area contributed by atoms with E-state index in [-0.39, 0.29) is 0 Å². The Balaban J connectivity index is 2.22. The number of anilines is 1. The summed E-state index contributed by atoms with van der Waals surface area (Å²) in [4.78, 5) is 0. The maximum Gasteiger partial charge on any atom is 0.0725 e. The molecular weight excluding hydrogens is 150 g/mol. The van der Waals surface area contributed by atoms with Gasteiger partial charge in [0.1, 0.15) is 0 Å². The molecule has 12 heavy (non-hydrogen) atoms. The second kappa shape index (κ2) is 4.80. The molecule has 0 bridgehead atoms. The molecule has 1 aromatic rings. The van der Waals surface area contributed by atoms with E-state index in [2.05, 4.69) is 29.4 Å². The Kier molecular flexibility index (Phi) is 3.64. The number of rotatable bonds is 5. The lowest BCUT2D eigenvalue weighted by Crippen LogP contribution is -2.14. The smallest absolute Gasteiger partial charge is 0.0725 e. The molecule has 0 saturated heterocycles. The number of hydrogen-bond acceptors (Lipinski definition) is 2. The molecule has 3 nitrogen and oxygen atoms in total. The van der Waals surface area contributed by atoms with Crippen LogP contribution >= 0.6 is 0 Å². The number of hydrogen-bond donors (Lipinski definition) is 2. The van der Waals surface area contributed by atoms with Crippen LogP contribution in [0.1, 0.15) is 33.1 Å². The number of H-pyrrole nitrogens is 1. The van der Waals surface area contributed by atoms with Gasteiger partial charge in [-0.3, -0.25) is 5.10 Å². The number of nitrogens with zero attached hydrogens (tertiary/aromatic N) is 1. The Morgan fingerprint density at radius 1 is 1.67 bits per heavy atom. The molecule has 3 heteroatoms. The Morgan fingerprint density at radius 2 is 2.50 bits per heavy atom. The summed E-state index contributed by atoms with van der Waals surface area (Å²) in [6.45, 7) is 4.41. The fourth-order valence-electron chi connectivity index (χ4n) is 1.20. The van der Waals surface area contributed by atoms with Crippen LogP contribution in [0.15, 0.2) is 12.4 Å².